The summed E-state index contributed by atoms with van der Waals surface area (Å²) < 4.78 is 0. The van der Waals surface area contributed by atoms with Crippen LogP contribution in [0.4, 0.5) is 0 Å². The van der Waals surface area contributed by atoms with Crippen LogP contribution in [0.2, 0.25) is 0 Å². The Kier molecular flexibility index (Phi) is 3.96. The largest absolute Gasteiger partial charge is 0.403 e. The summed E-state index contributed by atoms with van der Waals surface area (Å²) in [5.41, 5.74) is 6.71. The van der Waals surface area contributed by atoms with Crippen LogP contribution in [-0.4, -0.2) is 5.71 Å². The van der Waals surface area contributed by atoms with Crippen LogP contribution in [0.25, 0.3) is 0 Å². The lowest BCUT2D eigenvalue weighted by Gasteiger charge is -1.91. The number of nitrogens with zero attached hydrogens (tertiary/aromatic N) is 1. The van der Waals surface area contributed by atoms with Gasteiger partial charge in [-0.05, 0) is 19.1 Å². The molecule has 0 spiro atoms. The molecule has 2 nitrogen and oxygen atoms in total. The van der Waals surface area contributed by atoms with Crippen molar-refractivity contribution in [3.05, 3.63) is 37.2 Å². The Labute approximate surface area is 61.5 Å². The van der Waals surface area contributed by atoms with E-state index in [1.165, 1.54) is 6.20 Å². The number of aliphatic imine (C=N–C) groups is 1. The first-order valence-electron chi connectivity index (χ1n) is 2.96. The van der Waals surface area contributed by atoms with Gasteiger partial charge in [0.25, 0.3) is 0 Å². The summed E-state index contributed by atoms with van der Waals surface area (Å²) in [6.45, 7) is 8.93. The fourth-order valence-corrected chi connectivity index (χ4v) is 0.400. The highest BCUT2D eigenvalue weighted by atomic mass is 14.8. The van der Waals surface area contributed by atoms with Crippen molar-refractivity contribution >= 4 is 5.71 Å². The standard InChI is InChI=1S/C8H12N2/c1-4-7(3)10-8(5-2)6-9/h4-6H,1-2,9H2,3H3/b8-6-,10-7+. The SMILES string of the molecule is C=CC(=C/N)/N=C(\C)C=C. The quantitative estimate of drug-likeness (QED) is 0.464. The molecule has 54 valence electrons. The van der Waals surface area contributed by atoms with Gasteiger partial charge in [-0.1, -0.05) is 13.2 Å². The lowest BCUT2D eigenvalue weighted by molar-refractivity contribution is 1.35. The van der Waals surface area contributed by atoms with Crippen LogP contribution in [0, 0.1) is 0 Å². The summed E-state index contributed by atoms with van der Waals surface area (Å²) in [6, 6.07) is 0. The van der Waals surface area contributed by atoms with Crippen molar-refractivity contribution in [3.63, 3.8) is 0 Å². The average molecular weight is 136 g/mol. The molecule has 0 aliphatic rings. The second-order valence-corrected chi connectivity index (χ2v) is 1.75. The number of rotatable bonds is 3. The maximum Gasteiger partial charge on any atom is 0.0781 e. The average Bonchev–Trinajstić information content (AvgIpc) is 1.99. The van der Waals surface area contributed by atoms with E-state index in [0.29, 0.717) is 5.70 Å². The molecule has 0 saturated heterocycles. The maximum absolute atomic E-state index is 5.21. The van der Waals surface area contributed by atoms with Crippen molar-refractivity contribution < 1.29 is 0 Å². The minimum Gasteiger partial charge on any atom is -0.403 e. The van der Waals surface area contributed by atoms with E-state index in [2.05, 4.69) is 18.2 Å². The van der Waals surface area contributed by atoms with E-state index in [4.69, 9.17) is 5.73 Å². The van der Waals surface area contributed by atoms with Gasteiger partial charge in [-0.15, -0.1) is 0 Å². The Morgan fingerprint density at radius 2 is 2.00 bits per heavy atom. The van der Waals surface area contributed by atoms with Gasteiger partial charge >= 0.3 is 0 Å². The third-order valence-electron chi connectivity index (χ3n) is 0.981. The zero-order valence-corrected chi connectivity index (χ0v) is 6.17. The number of hydrogen-bond acceptors (Lipinski definition) is 2. The van der Waals surface area contributed by atoms with Crippen molar-refractivity contribution in [3.8, 4) is 0 Å². The van der Waals surface area contributed by atoms with Crippen molar-refractivity contribution in [2.45, 2.75) is 6.92 Å². The van der Waals surface area contributed by atoms with E-state index in [1.807, 2.05) is 6.92 Å². The number of allylic oxidation sites excluding steroid dienone is 2. The Morgan fingerprint density at radius 1 is 1.40 bits per heavy atom. The van der Waals surface area contributed by atoms with Crippen LogP contribution in [-0.2, 0) is 0 Å². The molecule has 0 heterocycles. The molecule has 0 bridgehead atoms. The van der Waals surface area contributed by atoms with Gasteiger partial charge in [0.15, 0.2) is 0 Å². The molecule has 0 rings (SSSR count). The zero-order valence-electron chi connectivity index (χ0n) is 6.17. The first kappa shape index (κ1) is 8.69. The van der Waals surface area contributed by atoms with Crippen LogP contribution >= 0.6 is 0 Å². The molecule has 2 heteroatoms. The lowest BCUT2D eigenvalue weighted by Crippen LogP contribution is -1.87. The molecule has 2 N–H and O–H groups in total. The molecule has 0 unspecified atom stereocenters. The van der Waals surface area contributed by atoms with Crippen molar-refractivity contribution in [1.82, 2.24) is 0 Å². The van der Waals surface area contributed by atoms with E-state index in [9.17, 15) is 0 Å². The molecule has 0 aliphatic heterocycles. The van der Waals surface area contributed by atoms with Crippen LogP contribution in [0.15, 0.2) is 42.2 Å². The summed E-state index contributed by atoms with van der Waals surface area (Å²) in [4.78, 5) is 4.05. The third kappa shape index (κ3) is 2.87. The molecular formula is C8H12N2. The topological polar surface area (TPSA) is 38.4 Å². The van der Waals surface area contributed by atoms with Gasteiger partial charge in [-0.25, -0.2) is 0 Å². The normalized spacial score (nSPS) is 12.9. The van der Waals surface area contributed by atoms with Crippen LogP contribution in [0.3, 0.4) is 0 Å². The van der Waals surface area contributed by atoms with Gasteiger partial charge in [-0.3, -0.25) is 4.99 Å². The van der Waals surface area contributed by atoms with Gasteiger partial charge in [-0.2, -0.15) is 0 Å². The van der Waals surface area contributed by atoms with Crippen molar-refractivity contribution in [2.24, 2.45) is 10.7 Å². The molecule has 10 heavy (non-hydrogen) atoms. The molecule has 0 atom stereocenters. The van der Waals surface area contributed by atoms with E-state index in [-0.39, 0.29) is 0 Å². The summed E-state index contributed by atoms with van der Waals surface area (Å²) in [5, 5.41) is 0. The number of nitrogens with two attached hydrogens (primary N) is 1. The fraction of sp³-hybridized carbons (Fsp3) is 0.125. The Hall–Kier alpha value is -1.31. The Bertz CT molecular complexity index is 187. The van der Waals surface area contributed by atoms with Crippen LogP contribution in [0.1, 0.15) is 6.92 Å². The zero-order chi connectivity index (χ0) is 7.98. The molecular weight excluding hydrogens is 124 g/mol. The molecule has 0 aromatic carbocycles. The highest BCUT2D eigenvalue weighted by Gasteiger charge is 1.84. The molecule has 0 aromatic heterocycles. The van der Waals surface area contributed by atoms with E-state index in [1.54, 1.807) is 12.2 Å². The molecule has 0 fully saturated rings. The first-order chi connectivity index (χ1) is 4.74. The van der Waals surface area contributed by atoms with E-state index in [0.717, 1.165) is 5.71 Å². The predicted octanol–water partition coefficient (Wildman–Crippen LogP) is 1.62. The number of hydrogen-bond donors (Lipinski definition) is 1. The fourth-order valence-electron chi connectivity index (χ4n) is 0.400. The van der Waals surface area contributed by atoms with Crippen LogP contribution < -0.4 is 5.73 Å². The Balaban J connectivity index is 4.36. The minimum atomic E-state index is 0.664. The summed E-state index contributed by atoms with van der Waals surface area (Å²) in [6.07, 6.45) is 4.65. The smallest absolute Gasteiger partial charge is 0.0781 e. The van der Waals surface area contributed by atoms with E-state index < -0.39 is 0 Å². The van der Waals surface area contributed by atoms with Crippen LogP contribution in [0.5, 0.6) is 0 Å². The van der Waals surface area contributed by atoms with Gasteiger partial charge in [0.05, 0.1) is 5.70 Å². The molecule has 0 amide bonds. The van der Waals surface area contributed by atoms with Crippen molar-refractivity contribution in [2.75, 3.05) is 0 Å². The van der Waals surface area contributed by atoms with Gasteiger partial charge in [0, 0.05) is 11.9 Å². The van der Waals surface area contributed by atoms with E-state index >= 15 is 0 Å². The van der Waals surface area contributed by atoms with Gasteiger partial charge in [0.1, 0.15) is 0 Å². The maximum atomic E-state index is 5.21. The second kappa shape index (κ2) is 4.56. The molecule has 0 radical (unpaired) electrons. The minimum absolute atomic E-state index is 0.664. The first-order valence-corrected chi connectivity index (χ1v) is 2.96. The molecule has 0 aliphatic carbocycles. The highest BCUT2D eigenvalue weighted by molar-refractivity contribution is 5.93. The summed E-state index contributed by atoms with van der Waals surface area (Å²) in [5.74, 6) is 0. The summed E-state index contributed by atoms with van der Waals surface area (Å²) in [7, 11) is 0. The third-order valence-corrected chi connectivity index (χ3v) is 0.981. The Morgan fingerprint density at radius 3 is 2.30 bits per heavy atom. The van der Waals surface area contributed by atoms with Gasteiger partial charge < -0.3 is 5.73 Å². The second-order valence-electron chi connectivity index (χ2n) is 1.75. The van der Waals surface area contributed by atoms with Gasteiger partial charge in [0.2, 0.25) is 0 Å². The monoisotopic (exact) mass is 136 g/mol. The lowest BCUT2D eigenvalue weighted by atomic mass is 10.4. The summed E-state index contributed by atoms with van der Waals surface area (Å²) >= 11 is 0. The highest BCUT2D eigenvalue weighted by Crippen LogP contribution is 1.95. The molecule has 0 aromatic rings. The molecule has 0 saturated carbocycles. The van der Waals surface area contributed by atoms with Crippen molar-refractivity contribution in [1.29, 1.82) is 0 Å². The predicted molar refractivity (Wildman–Crippen MR) is 45.8 cm³/mol.